The summed E-state index contributed by atoms with van der Waals surface area (Å²) in [6.07, 6.45) is -0.318. The summed E-state index contributed by atoms with van der Waals surface area (Å²) in [5, 5.41) is 20.4. The van der Waals surface area contributed by atoms with Crippen molar-refractivity contribution in [2.75, 3.05) is 0 Å². The van der Waals surface area contributed by atoms with E-state index in [-0.39, 0.29) is 11.7 Å². The Morgan fingerprint density at radius 2 is 1.74 bits per heavy atom. The van der Waals surface area contributed by atoms with Crippen LogP contribution < -0.4 is 0 Å². The molecule has 3 atom stereocenters. The van der Waals surface area contributed by atoms with Gasteiger partial charge in [0.05, 0.1) is 18.1 Å². The molecule has 0 spiro atoms. The molecule has 0 aliphatic heterocycles. The molecule has 0 aliphatic rings. The second-order valence-corrected chi connectivity index (χ2v) is 5.35. The molecule has 0 unspecified atom stereocenters. The number of hydrogen-bond donors (Lipinski definition) is 2. The third-order valence-corrected chi connectivity index (χ3v) is 3.41. The summed E-state index contributed by atoms with van der Waals surface area (Å²) in [6.45, 7) is 5.66. The minimum atomic E-state index is -0.825. The molecule has 2 N–H and O–H groups in total. The standard InChI is InChI=1S/C16H24O3/c1-4-8-13(17)14(15(18)11(2)3)16(19)12-9-6-5-7-10-12/h5-7,9-11,13-15,17-18H,4,8H2,1-3H3/t13-,14-,15+/m0/s1. The van der Waals surface area contributed by atoms with Crippen molar-refractivity contribution >= 4 is 5.78 Å². The second-order valence-electron chi connectivity index (χ2n) is 5.35. The Kier molecular flexibility index (Phi) is 6.19. The van der Waals surface area contributed by atoms with Gasteiger partial charge in [-0.15, -0.1) is 0 Å². The fourth-order valence-corrected chi connectivity index (χ4v) is 2.24. The number of benzene rings is 1. The Balaban J connectivity index is 2.99. The average molecular weight is 264 g/mol. The number of ketones is 1. The van der Waals surface area contributed by atoms with Crippen LogP contribution in [0, 0.1) is 11.8 Å². The molecule has 3 heteroatoms. The van der Waals surface area contributed by atoms with Gasteiger partial charge in [0.2, 0.25) is 0 Å². The predicted octanol–water partition coefficient (Wildman–Crippen LogP) is 2.66. The van der Waals surface area contributed by atoms with Crippen LogP contribution in [0.3, 0.4) is 0 Å². The molecule has 0 amide bonds. The second kappa shape index (κ2) is 7.41. The molecule has 0 saturated carbocycles. The highest BCUT2D eigenvalue weighted by Gasteiger charge is 2.35. The highest BCUT2D eigenvalue weighted by Crippen LogP contribution is 2.24. The molecule has 0 aromatic heterocycles. The minimum Gasteiger partial charge on any atom is -0.392 e. The topological polar surface area (TPSA) is 57.5 Å². The summed E-state index contributed by atoms with van der Waals surface area (Å²) in [4.78, 5) is 12.5. The minimum absolute atomic E-state index is 0.0656. The highest BCUT2D eigenvalue weighted by molar-refractivity contribution is 5.98. The van der Waals surface area contributed by atoms with Crippen LogP contribution in [0.15, 0.2) is 30.3 Å². The Hall–Kier alpha value is -1.19. The van der Waals surface area contributed by atoms with Crippen LogP contribution in [-0.2, 0) is 0 Å². The number of hydrogen-bond acceptors (Lipinski definition) is 3. The van der Waals surface area contributed by atoms with E-state index in [4.69, 9.17) is 0 Å². The molecule has 0 saturated heterocycles. The largest absolute Gasteiger partial charge is 0.392 e. The monoisotopic (exact) mass is 264 g/mol. The van der Waals surface area contributed by atoms with Gasteiger partial charge in [-0.2, -0.15) is 0 Å². The van der Waals surface area contributed by atoms with Crippen molar-refractivity contribution in [1.82, 2.24) is 0 Å². The first-order chi connectivity index (χ1) is 8.99. The quantitative estimate of drug-likeness (QED) is 0.744. The molecule has 0 fully saturated rings. The number of aliphatic hydroxyl groups excluding tert-OH is 2. The van der Waals surface area contributed by atoms with Crippen molar-refractivity contribution < 1.29 is 15.0 Å². The fraction of sp³-hybridized carbons (Fsp3) is 0.562. The molecule has 0 bridgehead atoms. The molecule has 106 valence electrons. The van der Waals surface area contributed by atoms with E-state index in [1.165, 1.54) is 0 Å². The van der Waals surface area contributed by atoms with E-state index >= 15 is 0 Å². The first-order valence-corrected chi connectivity index (χ1v) is 6.94. The molecule has 0 radical (unpaired) electrons. The lowest BCUT2D eigenvalue weighted by molar-refractivity contribution is -0.00526. The van der Waals surface area contributed by atoms with Gasteiger partial charge in [-0.1, -0.05) is 57.5 Å². The zero-order valence-electron chi connectivity index (χ0n) is 11.9. The molecular formula is C16H24O3. The SMILES string of the molecule is CCC[C@H](O)[C@H](C(=O)c1ccccc1)[C@H](O)C(C)C. The maximum atomic E-state index is 12.5. The lowest BCUT2D eigenvalue weighted by Crippen LogP contribution is -2.40. The van der Waals surface area contributed by atoms with Gasteiger partial charge in [-0.25, -0.2) is 0 Å². The van der Waals surface area contributed by atoms with Gasteiger partial charge in [0.25, 0.3) is 0 Å². The van der Waals surface area contributed by atoms with Crippen molar-refractivity contribution in [2.24, 2.45) is 11.8 Å². The van der Waals surface area contributed by atoms with Gasteiger partial charge >= 0.3 is 0 Å². The van der Waals surface area contributed by atoms with Crippen LogP contribution in [0.2, 0.25) is 0 Å². The maximum Gasteiger partial charge on any atom is 0.171 e. The van der Waals surface area contributed by atoms with Gasteiger partial charge in [-0.3, -0.25) is 4.79 Å². The van der Waals surface area contributed by atoms with E-state index in [0.717, 1.165) is 6.42 Å². The fourth-order valence-electron chi connectivity index (χ4n) is 2.24. The van der Waals surface area contributed by atoms with Gasteiger partial charge in [0, 0.05) is 5.56 Å². The number of carbonyl (C=O) groups is 1. The lowest BCUT2D eigenvalue weighted by atomic mass is 9.81. The number of rotatable bonds is 7. The van der Waals surface area contributed by atoms with Gasteiger partial charge in [0.15, 0.2) is 5.78 Å². The molecule has 1 aromatic rings. The van der Waals surface area contributed by atoms with Crippen LogP contribution in [0.25, 0.3) is 0 Å². The molecule has 3 nitrogen and oxygen atoms in total. The van der Waals surface area contributed by atoms with E-state index in [9.17, 15) is 15.0 Å². The summed E-state index contributed by atoms with van der Waals surface area (Å²) in [7, 11) is 0. The van der Waals surface area contributed by atoms with Crippen molar-refractivity contribution in [1.29, 1.82) is 0 Å². The zero-order chi connectivity index (χ0) is 14.4. The molecular weight excluding hydrogens is 240 g/mol. The average Bonchev–Trinajstić information content (AvgIpc) is 2.40. The van der Waals surface area contributed by atoms with Gasteiger partial charge < -0.3 is 10.2 Å². The van der Waals surface area contributed by atoms with Crippen molar-refractivity contribution in [3.05, 3.63) is 35.9 Å². The lowest BCUT2D eigenvalue weighted by Gasteiger charge is -2.28. The first kappa shape index (κ1) is 15.9. The van der Waals surface area contributed by atoms with E-state index in [1.807, 2.05) is 26.8 Å². The van der Waals surface area contributed by atoms with E-state index < -0.39 is 18.1 Å². The Morgan fingerprint density at radius 1 is 1.16 bits per heavy atom. The molecule has 1 aromatic carbocycles. The van der Waals surface area contributed by atoms with E-state index in [1.54, 1.807) is 24.3 Å². The number of carbonyl (C=O) groups excluding carboxylic acids is 1. The van der Waals surface area contributed by atoms with Crippen LogP contribution in [0.1, 0.15) is 44.0 Å². The molecule has 0 aliphatic carbocycles. The van der Waals surface area contributed by atoms with Crippen LogP contribution in [-0.4, -0.2) is 28.2 Å². The van der Waals surface area contributed by atoms with Crippen molar-refractivity contribution in [3.63, 3.8) is 0 Å². The smallest absolute Gasteiger partial charge is 0.171 e. The summed E-state index contributed by atoms with van der Waals surface area (Å²) >= 11 is 0. The van der Waals surface area contributed by atoms with Gasteiger partial charge in [-0.05, 0) is 12.3 Å². The molecule has 1 rings (SSSR count). The van der Waals surface area contributed by atoms with Crippen LogP contribution in [0.5, 0.6) is 0 Å². The molecule has 19 heavy (non-hydrogen) atoms. The Bertz CT molecular complexity index is 386. The summed E-state index contributed by atoms with van der Waals surface area (Å²) < 4.78 is 0. The summed E-state index contributed by atoms with van der Waals surface area (Å²) in [6, 6.07) is 8.87. The normalized spacial score (nSPS) is 16.1. The van der Waals surface area contributed by atoms with E-state index in [2.05, 4.69) is 0 Å². The van der Waals surface area contributed by atoms with E-state index in [0.29, 0.717) is 12.0 Å². The summed E-state index contributed by atoms with van der Waals surface area (Å²) in [5.74, 6) is -0.991. The Morgan fingerprint density at radius 3 is 2.21 bits per heavy atom. The third-order valence-electron chi connectivity index (χ3n) is 3.41. The van der Waals surface area contributed by atoms with Crippen molar-refractivity contribution in [2.45, 2.75) is 45.8 Å². The Labute approximate surface area is 115 Å². The number of Topliss-reactive ketones (excluding diaryl/α,β-unsaturated/α-hetero) is 1. The highest BCUT2D eigenvalue weighted by atomic mass is 16.3. The molecule has 0 heterocycles. The van der Waals surface area contributed by atoms with Crippen molar-refractivity contribution in [3.8, 4) is 0 Å². The maximum absolute atomic E-state index is 12.5. The zero-order valence-corrected chi connectivity index (χ0v) is 11.9. The third kappa shape index (κ3) is 4.15. The number of aliphatic hydroxyl groups is 2. The van der Waals surface area contributed by atoms with Crippen LogP contribution >= 0.6 is 0 Å². The van der Waals surface area contributed by atoms with Gasteiger partial charge in [0.1, 0.15) is 0 Å². The first-order valence-electron chi connectivity index (χ1n) is 6.94. The predicted molar refractivity (Wildman–Crippen MR) is 76.0 cm³/mol. The summed E-state index contributed by atoms with van der Waals surface area (Å²) in [5.41, 5.74) is 0.544. The van der Waals surface area contributed by atoms with Crippen LogP contribution in [0.4, 0.5) is 0 Å².